The molecule has 0 saturated carbocycles. The molecule has 3 rings (SSSR count). The summed E-state index contributed by atoms with van der Waals surface area (Å²) in [5.41, 5.74) is 1.69. The third-order valence-corrected chi connectivity index (χ3v) is 4.41. The second-order valence-electron chi connectivity index (χ2n) is 5.92. The molecule has 0 spiro atoms. The van der Waals surface area contributed by atoms with E-state index in [1.54, 1.807) is 7.11 Å². The quantitative estimate of drug-likeness (QED) is 0.796. The van der Waals surface area contributed by atoms with Crippen molar-refractivity contribution in [2.24, 2.45) is 4.99 Å². The molecule has 2 aromatic rings. The van der Waals surface area contributed by atoms with E-state index in [9.17, 15) is 4.79 Å². The van der Waals surface area contributed by atoms with Crippen molar-refractivity contribution in [3.8, 4) is 11.5 Å². The van der Waals surface area contributed by atoms with Crippen molar-refractivity contribution in [1.29, 1.82) is 0 Å². The molecule has 134 valence electrons. The highest BCUT2D eigenvalue weighted by Crippen LogP contribution is 2.29. The molecule has 0 radical (unpaired) electrons. The summed E-state index contributed by atoms with van der Waals surface area (Å²) in [5, 5.41) is 3.35. The third kappa shape index (κ3) is 4.67. The van der Waals surface area contributed by atoms with E-state index in [0.29, 0.717) is 10.1 Å². The molecule has 0 bridgehead atoms. The summed E-state index contributed by atoms with van der Waals surface area (Å²) >= 11 is 1.32. The fraction of sp³-hybridized carbons (Fsp3) is 0.200. The number of methoxy groups -OCH3 is 1. The van der Waals surface area contributed by atoms with Gasteiger partial charge in [-0.15, -0.1) is 0 Å². The molecule has 26 heavy (non-hydrogen) atoms. The molecule has 5 nitrogen and oxygen atoms in total. The van der Waals surface area contributed by atoms with E-state index in [2.05, 4.69) is 10.3 Å². The maximum atomic E-state index is 12.2. The standard InChI is InChI=1S/C20H20N2O3S/c1-13(2)25-17-8-4-14(5-9-17)12-18-19(23)22-20(26-18)21-15-6-10-16(24-3)11-7-15/h4-13H,1-3H3,(H,21,22,23)/b18-12+. The number of ether oxygens (including phenoxy) is 2. The van der Waals surface area contributed by atoms with Crippen LogP contribution < -0.4 is 14.8 Å². The lowest BCUT2D eigenvalue weighted by Crippen LogP contribution is -2.19. The average Bonchev–Trinajstić information content (AvgIpc) is 2.96. The van der Waals surface area contributed by atoms with Gasteiger partial charge in [-0.1, -0.05) is 12.1 Å². The van der Waals surface area contributed by atoms with Gasteiger partial charge in [0.15, 0.2) is 5.17 Å². The number of hydrogen-bond acceptors (Lipinski definition) is 5. The van der Waals surface area contributed by atoms with Crippen LogP contribution in [-0.2, 0) is 4.79 Å². The van der Waals surface area contributed by atoms with E-state index in [-0.39, 0.29) is 12.0 Å². The minimum absolute atomic E-state index is 0.132. The molecule has 2 aromatic carbocycles. The average molecular weight is 368 g/mol. The molecule has 1 heterocycles. The number of nitrogens with zero attached hydrogens (tertiary/aromatic N) is 1. The Morgan fingerprint density at radius 2 is 1.69 bits per heavy atom. The minimum Gasteiger partial charge on any atom is -0.497 e. The first-order valence-corrected chi connectivity index (χ1v) is 9.05. The van der Waals surface area contributed by atoms with Crippen molar-refractivity contribution >= 4 is 34.6 Å². The van der Waals surface area contributed by atoms with E-state index in [1.165, 1.54) is 11.8 Å². The summed E-state index contributed by atoms with van der Waals surface area (Å²) in [6.45, 7) is 3.97. The van der Waals surface area contributed by atoms with Crippen LogP contribution in [0.4, 0.5) is 5.69 Å². The molecular weight excluding hydrogens is 348 g/mol. The fourth-order valence-electron chi connectivity index (χ4n) is 2.32. The van der Waals surface area contributed by atoms with Crippen LogP contribution in [0, 0.1) is 0 Å². The summed E-state index contributed by atoms with van der Waals surface area (Å²) in [6.07, 6.45) is 1.97. The van der Waals surface area contributed by atoms with Crippen LogP contribution in [0.2, 0.25) is 0 Å². The van der Waals surface area contributed by atoms with Gasteiger partial charge in [-0.25, -0.2) is 4.99 Å². The van der Waals surface area contributed by atoms with Gasteiger partial charge >= 0.3 is 0 Å². The van der Waals surface area contributed by atoms with E-state index < -0.39 is 0 Å². The number of carbonyl (C=O) groups excluding carboxylic acids is 1. The molecule has 0 atom stereocenters. The minimum atomic E-state index is -0.148. The number of carbonyl (C=O) groups is 1. The van der Waals surface area contributed by atoms with Gasteiger partial charge in [0, 0.05) is 0 Å². The highest BCUT2D eigenvalue weighted by molar-refractivity contribution is 8.18. The van der Waals surface area contributed by atoms with Gasteiger partial charge in [-0.3, -0.25) is 4.79 Å². The van der Waals surface area contributed by atoms with Gasteiger partial charge in [-0.2, -0.15) is 0 Å². The molecule has 1 aliphatic rings. The predicted molar refractivity (Wildman–Crippen MR) is 106 cm³/mol. The topological polar surface area (TPSA) is 59.9 Å². The molecule has 0 aromatic heterocycles. The van der Waals surface area contributed by atoms with Crippen molar-refractivity contribution < 1.29 is 14.3 Å². The van der Waals surface area contributed by atoms with Gasteiger partial charge in [0.2, 0.25) is 0 Å². The Bertz CT molecular complexity index is 840. The van der Waals surface area contributed by atoms with Crippen molar-refractivity contribution in [2.75, 3.05) is 7.11 Å². The fourth-order valence-corrected chi connectivity index (χ4v) is 3.16. The number of amides is 1. The van der Waals surface area contributed by atoms with Crippen LogP contribution in [0.25, 0.3) is 6.08 Å². The predicted octanol–water partition coefficient (Wildman–Crippen LogP) is 4.37. The number of amidine groups is 1. The molecular formula is C20H20N2O3S. The summed E-state index contributed by atoms with van der Waals surface area (Å²) in [7, 11) is 1.62. The number of aliphatic imine (C=N–C) groups is 1. The first-order valence-electron chi connectivity index (χ1n) is 8.24. The van der Waals surface area contributed by atoms with Crippen molar-refractivity contribution in [1.82, 2.24) is 5.32 Å². The van der Waals surface area contributed by atoms with Crippen LogP contribution in [0.5, 0.6) is 11.5 Å². The zero-order valence-corrected chi connectivity index (χ0v) is 15.7. The monoisotopic (exact) mass is 368 g/mol. The SMILES string of the molecule is COc1ccc(N=C2NC(=O)/C(=C\c3ccc(OC(C)C)cc3)S2)cc1. The van der Waals surface area contributed by atoms with Gasteiger partial charge in [0.25, 0.3) is 5.91 Å². The molecule has 1 saturated heterocycles. The zero-order chi connectivity index (χ0) is 18.5. The normalized spacial score (nSPS) is 17.0. The Kier molecular flexibility index (Phi) is 5.63. The van der Waals surface area contributed by atoms with Gasteiger partial charge < -0.3 is 14.8 Å². The van der Waals surface area contributed by atoms with Crippen LogP contribution in [0.3, 0.4) is 0 Å². The van der Waals surface area contributed by atoms with Crippen molar-refractivity contribution in [2.45, 2.75) is 20.0 Å². The smallest absolute Gasteiger partial charge is 0.264 e. The van der Waals surface area contributed by atoms with Crippen molar-refractivity contribution in [3.05, 3.63) is 59.0 Å². The Hall–Kier alpha value is -2.73. The van der Waals surface area contributed by atoms with E-state index >= 15 is 0 Å². The molecule has 0 aliphatic carbocycles. The third-order valence-electron chi connectivity index (χ3n) is 3.50. The van der Waals surface area contributed by atoms with Crippen LogP contribution in [0.1, 0.15) is 19.4 Å². The molecule has 1 aliphatic heterocycles. The largest absolute Gasteiger partial charge is 0.497 e. The van der Waals surface area contributed by atoms with Crippen LogP contribution in [-0.4, -0.2) is 24.3 Å². The maximum Gasteiger partial charge on any atom is 0.264 e. The van der Waals surface area contributed by atoms with E-state index in [1.807, 2.05) is 68.5 Å². The highest BCUT2D eigenvalue weighted by Gasteiger charge is 2.23. The van der Waals surface area contributed by atoms with E-state index in [0.717, 1.165) is 22.7 Å². The second-order valence-corrected chi connectivity index (χ2v) is 6.95. The lowest BCUT2D eigenvalue weighted by molar-refractivity contribution is -0.115. The molecule has 0 unspecified atom stereocenters. The summed E-state index contributed by atoms with van der Waals surface area (Å²) in [4.78, 5) is 17.2. The lowest BCUT2D eigenvalue weighted by atomic mass is 10.2. The Balaban J connectivity index is 1.72. The molecule has 1 amide bonds. The first-order chi connectivity index (χ1) is 12.5. The van der Waals surface area contributed by atoms with Gasteiger partial charge in [-0.05, 0) is 73.6 Å². The lowest BCUT2D eigenvalue weighted by Gasteiger charge is -2.09. The summed E-state index contributed by atoms with van der Waals surface area (Å²) in [6, 6.07) is 15.0. The van der Waals surface area contributed by atoms with Crippen LogP contribution in [0.15, 0.2) is 58.4 Å². The second kappa shape index (κ2) is 8.10. The maximum absolute atomic E-state index is 12.2. The summed E-state index contributed by atoms with van der Waals surface area (Å²) in [5.74, 6) is 1.43. The number of rotatable bonds is 5. The highest BCUT2D eigenvalue weighted by atomic mass is 32.2. The number of benzene rings is 2. The summed E-state index contributed by atoms with van der Waals surface area (Å²) < 4.78 is 10.8. The van der Waals surface area contributed by atoms with Gasteiger partial charge in [0.1, 0.15) is 11.5 Å². The number of hydrogen-bond donors (Lipinski definition) is 1. The molecule has 1 fully saturated rings. The zero-order valence-electron chi connectivity index (χ0n) is 14.9. The van der Waals surface area contributed by atoms with Crippen molar-refractivity contribution in [3.63, 3.8) is 0 Å². The Morgan fingerprint density at radius 3 is 2.31 bits per heavy atom. The number of thioether (sulfide) groups is 1. The Morgan fingerprint density at radius 1 is 1.04 bits per heavy atom. The number of nitrogens with one attached hydrogen (secondary N) is 1. The molecule has 1 N–H and O–H groups in total. The van der Waals surface area contributed by atoms with E-state index in [4.69, 9.17) is 9.47 Å². The first kappa shape index (κ1) is 18.1. The van der Waals surface area contributed by atoms with Crippen LogP contribution >= 0.6 is 11.8 Å². The Labute approximate surface area is 157 Å². The molecule has 6 heteroatoms. The van der Waals surface area contributed by atoms with Gasteiger partial charge in [0.05, 0.1) is 23.8 Å².